The summed E-state index contributed by atoms with van der Waals surface area (Å²) in [5.41, 5.74) is 4.24. The molecule has 0 fully saturated rings. The van der Waals surface area contributed by atoms with Gasteiger partial charge in [-0.3, -0.25) is 14.5 Å². The Hall–Kier alpha value is -2.83. The van der Waals surface area contributed by atoms with E-state index in [4.69, 9.17) is 0 Å². The second-order valence-corrected chi connectivity index (χ2v) is 8.94. The van der Waals surface area contributed by atoms with E-state index < -0.39 is 0 Å². The van der Waals surface area contributed by atoms with Gasteiger partial charge in [-0.1, -0.05) is 61.5 Å². The van der Waals surface area contributed by atoms with Crippen molar-refractivity contribution in [3.63, 3.8) is 0 Å². The van der Waals surface area contributed by atoms with Gasteiger partial charge in [0.1, 0.15) is 0 Å². The van der Waals surface area contributed by atoms with Gasteiger partial charge in [-0.25, -0.2) is 4.98 Å². The van der Waals surface area contributed by atoms with Gasteiger partial charge < -0.3 is 5.32 Å². The van der Waals surface area contributed by atoms with Crippen molar-refractivity contribution < 1.29 is 9.59 Å². The lowest BCUT2D eigenvalue weighted by Crippen LogP contribution is -2.29. The number of rotatable bonds is 8. The minimum Gasteiger partial charge on any atom is -0.302 e. The first-order valence-electron chi connectivity index (χ1n) is 10.8. The summed E-state index contributed by atoms with van der Waals surface area (Å²) in [5, 5.41) is 3.52. The number of Topliss-reactive ketones (excluding diaryl/α,β-unsaturated/α-hetero) is 1. The van der Waals surface area contributed by atoms with Crippen molar-refractivity contribution in [2.75, 3.05) is 11.9 Å². The van der Waals surface area contributed by atoms with Crippen LogP contribution < -0.4 is 5.32 Å². The number of carbonyl (C=O) groups excluding carboxylic acids is 2. The average Bonchev–Trinajstić information content (AvgIpc) is 3.19. The number of nitrogens with one attached hydrogen (secondary N) is 1. The molecule has 0 saturated carbocycles. The van der Waals surface area contributed by atoms with E-state index in [0.29, 0.717) is 10.7 Å². The predicted molar refractivity (Wildman–Crippen MR) is 124 cm³/mol. The highest BCUT2D eigenvalue weighted by Gasteiger charge is 2.21. The Kier molecular flexibility index (Phi) is 6.89. The zero-order chi connectivity index (χ0) is 21.6. The summed E-state index contributed by atoms with van der Waals surface area (Å²) in [6.07, 6.45) is 2.20. The number of fused-ring (bicyclic) bond motifs is 1. The number of aryl methyl sites for hydroxylation is 1. The smallest absolute Gasteiger partial charge is 0.226 e. The van der Waals surface area contributed by atoms with Gasteiger partial charge in [0.2, 0.25) is 5.91 Å². The molecule has 0 aliphatic carbocycles. The molecule has 4 rings (SSSR count). The Morgan fingerprint density at radius 2 is 1.81 bits per heavy atom. The van der Waals surface area contributed by atoms with Crippen LogP contribution in [0.3, 0.4) is 0 Å². The lowest BCUT2D eigenvalue weighted by molar-refractivity contribution is -0.116. The quantitative estimate of drug-likeness (QED) is 0.515. The minimum absolute atomic E-state index is 0.00668. The number of nitrogens with zero attached hydrogens (tertiary/aromatic N) is 2. The third kappa shape index (κ3) is 5.66. The largest absolute Gasteiger partial charge is 0.302 e. The molecule has 5 nitrogen and oxygen atoms in total. The van der Waals surface area contributed by atoms with E-state index in [9.17, 15) is 9.59 Å². The highest BCUT2D eigenvalue weighted by Crippen LogP contribution is 2.29. The van der Waals surface area contributed by atoms with Crippen molar-refractivity contribution >= 4 is 28.2 Å². The van der Waals surface area contributed by atoms with Gasteiger partial charge in [-0.05, 0) is 17.5 Å². The van der Waals surface area contributed by atoms with Crippen LogP contribution in [0.5, 0.6) is 0 Å². The van der Waals surface area contributed by atoms with E-state index in [1.54, 1.807) is 11.3 Å². The number of anilines is 1. The number of amides is 1. The number of ketones is 1. The molecular formula is C25H27N3O2S. The van der Waals surface area contributed by atoms with Crippen LogP contribution in [0.2, 0.25) is 0 Å². The fourth-order valence-electron chi connectivity index (χ4n) is 3.76. The molecule has 1 amide bonds. The second-order valence-electron chi connectivity index (χ2n) is 7.86. The fourth-order valence-corrected chi connectivity index (χ4v) is 4.82. The number of hydrogen-bond donors (Lipinski definition) is 1. The molecule has 1 aliphatic heterocycles. The first kappa shape index (κ1) is 21.4. The molecule has 2 heterocycles. The second kappa shape index (κ2) is 9.98. The van der Waals surface area contributed by atoms with Gasteiger partial charge in [0.15, 0.2) is 10.9 Å². The summed E-state index contributed by atoms with van der Waals surface area (Å²) < 4.78 is 0. The highest BCUT2D eigenvalue weighted by molar-refractivity contribution is 7.15. The Morgan fingerprint density at radius 3 is 2.55 bits per heavy atom. The van der Waals surface area contributed by atoms with Crippen LogP contribution in [0.1, 0.15) is 51.8 Å². The van der Waals surface area contributed by atoms with Crippen LogP contribution in [0.4, 0.5) is 5.13 Å². The third-order valence-corrected chi connectivity index (χ3v) is 6.57. The molecule has 160 valence electrons. The van der Waals surface area contributed by atoms with E-state index in [0.717, 1.165) is 38.2 Å². The first-order chi connectivity index (χ1) is 15.1. The third-order valence-electron chi connectivity index (χ3n) is 5.57. The topological polar surface area (TPSA) is 62.3 Å². The zero-order valence-electron chi connectivity index (χ0n) is 17.8. The maximum atomic E-state index is 12.4. The molecule has 0 spiro atoms. The van der Waals surface area contributed by atoms with E-state index in [-0.39, 0.29) is 24.5 Å². The zero-order valence-corrected chi connectivity index (χ0v) is 18.6. The van der Waals surface area contributed by atoms with Gasteiger partial charge in [-0.2, -0.15) is 0 Å². The summed E-state index contributed by atoms with van der Waals surface area (Å²) in [6.45, 7) is 4.81. The molecular weight excluding hydrogens is 406 g/mol. The van der Waals surface area contributed by atoms with Crippen molar-refractivity contribution in [3.05, 3.63) is 81.9 Å². The fraction of sp³-hybridized carbons (Fsp3) is 0.320. The Morgan fingerprint density at radius 1 is 1.03 bits per heavy atom. The van der Waals surface area contributed by atoms with Crippen LogP contribution in [-0.4, -0.2) is 28.1 Å². The lowest BCUT2D eigenvalue weighted by atomic mass is 10.0. The normalized spacial score (nSPS) is 13.6. The van der Waals surface area contributed by atoms with Crippen LogP contribution in [-0.2, 0) is 30.7 Å². The van der Waals surface area contributed by atoms with Crippen LogP contribution >= 0.6 is 11.3 Å². The molecule has 31 heavy (non-hydrogen) atoms. The Balaban J connectivity index is 1.28. The number of benzene rings is 2. The molecule has 1 N–H and O–H groups in total. The maximum absolute atomic E-state index is 12.4. The first-order valence-corrected chi connectivity index (χ1v) is 11.6. The predicted octanol–water partition coefficient (Wildman–Crippen LogP) is 4.87. The number of carbonyl (C=O) groups is 2. The van der Waals surface area contributed by atoms with Crippen LogP contribution in [0.15, 0.2) is 54.6 Å². The van der Waals surface area contributed by atoms with Crippen molar-refractivity contribution in [1.29, 1.82) is 0 Å². The van der Waals surface area contributed by atoms with Gasteiger partial charge >= 0.3 is 0 Å². The molecule has 0 atom stereocenters. The Labute approximate surface area is 187 Å². The SMILES string of the molecule is CCc1ccc(C(=O)CCC(=O)Nc2nc3c(s2)CN(Cc2ccccc2)CC3)cc1. The van der Waals surface area contributed by atoms with Crippen molar-refractivity contribution in [2.45, 2.75) is 45.7 Å². The summed E-state index contributed by atoms with van der Waals surface area (Å²) in [4.78, 5) is 32.9. The van der Waals surface area contributed by atoms with Gasteiger partial charge in [0, 0.05) is 49.3 Å². The lowest BCUT2D eigenvalue weighted by Gasteiger charge is -2.25. The minimum atomic E-state index is -0.161. The van der Waals surface area contributed by atoms with E-state index in [1.165, 1.54) is 16.0 Å². The summed E-state index contributed by atoms with van der Waals surface area (Å²) >= 11 is 1.54. The molecule has 0 radical (unpaired) electrons. The highest BCUT2D eigenvalue weighted by atomic mass is 32.1. The van der Waals surface area contributed by atoms with E-state index >= 15 is 0 Å². The Bertz CT molecular complexity index is 1040. The molecule has 6 heteroatoms. The molecule has 3 aromatic rings. The van der Waals surface area contributed by atoms with Gasteiger partial charge in [0.05, 0.1) is 5.69 Å². The monoisotopic (exact) mass is 433 g/mol. The van der Waals surface area contributed by atoms with Gasteiger partial charge in [0.25, 0.3) is 0 Å². The number of hydrogen-bond acceptors (Lipinski definition) is 5. The maximum Gasteiger partial charge on any atom is 0.226 e. The van der Waals surface area contributed by atoms with Crippen LogP contribution in [0.25, 0.3) is 0 Å². The molecule has 0 unspecified atom stereocenters. The van der Waals surface area contributed by atoms with Crippen molar-refractivity contribution in [3.8, 4) is 0 Å². The standard InChI is InChI=1S/C25H27N3O2S/c1-2-18-8-10-20(11-9-18)22(29)12-13-24(30)27-25-26-21-14-15-28(17-23(21)31-25)16-19-6-4-3-5-7-19/h3-11H,2,12-17H2,1H3,(H,26,27,30). The summed E-state index contributed by atoms with van der Waals surface area (Å²) in [7, 11) is 0. The average molecular weight is 434 g/mol. The summed E-state index contributed by atoms with van der Waals surface area (Å²) in [6, 6.07) is 18.1. The molecule has 0 bridgehead atoms. The number of thiazole rings is 1. The van der Waals surface area contributed by atoms with E-state index in [2.05, 4.69) is 46.4 Å². The molecule has 2 aromatic carbocycles. The van der Waals surface area contributed by atoms with E-state index in [1.807, 2.05) is 30.3 Å². The van der Waals surface area contributed by atoms with Crippen molar-refractivity contribution in [1.82, 2.24) is 9.88 Å². The number of aromatic nitrogens is 1. The summed E-state index contributed by atoms with van der Waals surface area (Å²) in [5.74, 6) is -0.168. The molecule has 1 aliphatic rings. The van der Waals surface area contributed by atoms with Gasteiger partial charge in [-0.15, -0.1) is 11.3 Å². The van der Waals surface area contributed by atoms with Crippen molar-refractivity contribution in [2.24, 2.45) is 0 Å². The molecule has 0 saturated heterocycles. The van der Waals surface area contributed by atoms with Crippen LogP contribution in [0, 0.1) is 0 Å². The molecule has 1 aromatic heterocycles.